The quantitative estimate of drug-likeness (QED) is 0.292. The van der Waals surface area contributed by atoms with Gasteiger partial charge in [0.1, 0.15) is 0 Å². The molecule has 0 radical (unpaired) electrons. The van der Waals surface area contributed by atoms with Crippen molar-refractivity contribution in [2.75, 3.05) is 0 Å². The van der Waals surface area contributed by atoms with Crippen molar-refractivity contribution in [2.45, 2.75) is 30.8 Å². The number of ketones is 1. The van der Waals surface area contributed by atoms with Crippen molar-refractivity contribution in [1.82, 2.24) is 0 Å². The molecule has 0 aromatic carbocycles. The average molecular weight is 342 g/mol. The molecular formula is C6H6N4O13. The normalized spacial score (nSPS) is 18.3. The van der Waals surface area contributed by atoms with Crippen LogP contribution >= 0.6 is 0 Å². The van der Waals surface area contributed by atoms with Crippen molar-refractivity contribution in [3.8, 4) is 0 Å². The first-order valence-corrected chi connectivity index (χ1v) is 5.42. The lowest BCUT2D eigenvalue weighted by atomic mass is 9.86. The van der Waals surface area contributed by atoms with E-state index >= 15 is 0 Å². The van der Waals surface area contributed by atoms with Gasteiger partial charge in [-0.25, -0.2) is 0 Å². The fourth-order valence-corrected chi connectivity index (χ4v) is 1.96. The summed E-state index contributed by atoms with van der Waals surface area (Å²) in [6.45, 7) is 0. The standard InChI is InChI=1S/C6H6N4O13/c11-4-2-1-3-5(20-7(12)13,21-8(14)15)6(4,22-9(16)17)23-10(18)19/h1-3H2. The molecule has 1 saturated carbocycles. The Balaban J connectivity index is 3.56. The van der Waals surface area contributed by atoms with Crippen LogP contribution in [0.2, 0.25) is 0 Å². The van der Waals surface area contributed by atoms with Crippen molar-refractivity contribution in [3.63, 3.8) is 0 Å². The van der Waals surface area contributed by atoms with Crippen LogP contribution in [0.3, 0.4) is 0 Å². The predicted octanol–water partition coefficient (Wildman–Crippen LogP) is -1.03. The van der Waals surface area contributed by atoms with Gasteiger partial charge < -0.3 is 0 Å². The molecule has 0 aromatic heterocycles. The zero-order chi connectivity index (χ0) is 17.8. The van der Waals surface area contributed by atoms with E-state index in [0.717, 1.165) is 0 Å². The Bertz CT molecular complexity index is 527. The maximum Gasteiger partial charge on any atom is 0.373 e. The van der Waals surface area contributed by atoms with E-state index in [1.165, 1.54) is 0 Å². The van der Waals surface area contributed by atoms with Gasteiger partial charge in [0.15, 0.2) is 5.78 Å². The summed E-state index contributed by atoms with van der Waals surface area (Å²) >= 11 is 0. The molecule has 23 heavy (non-hydrogen) atoms. The Morgan fingerprint density at radius 2 is 1.17 bits per heavy atom. The summed E-state index contributed by atoms with van der Waals surface area (Å²) in [4.78, 5) is 69.3. The molecule has 0 aromatic rings. The molecule has 0 amide bonds. The molecule has 1 aliphatic rings. The van der Waals surface area contributed by atoms with Gasteiger partial charge in [-0.05, 0) is 6.42 Å². The Kier molecular flexibility index (Phi) is 4.63. The average Bonchev–Trinajstić information content (AvgIpc) is 2.32. The van der Waals surface area contributed by atoms with Crippen molar-refractivity contribution >= 4 is 5.78 Å². The smallest absolute Gasteiger partial charge is 0.294 e. The first-order valence-electron chi connectivity index (χ1n) is 5.42. The minimum absolute atomic E-state index is 0.357. The molecule has 1 rings (SSSR count). The van der Waals surface area contributed by atoms with Crippen LogP contribution in [0.5, 0.6) is 0 Å². The Morgan fingerprint density at radius 3 is 1.52 bits per heavy atom. The molecule has 1 fully saturated rings. The molecule has 0 N–H and O–H groups in total. The number of nitrogens with zero attached hydrogens (tertiary/aromatic N) is 4. The fourth-order valence-electron chi connectivity index (χ4n) is 1.96. The molecule has 0 spiro atoms. The molecule has 0 bridgehead atoms. The van der Waals surface area contributed by atoms with Gasteiger partial charge in [0.2, 0.25) is 0 Å². The van der Waals surface area contributed by atoms with Gasteiger partial charge in [-0.1, -0.05) is 0 Å². The summed E-state index contributed by atoms with van der Waals surface area (Å²) in [6.07, 6.45) is -1.93. The summed E-state index contributed by atoms with van der Waals surface area (Å²) in [5, 5.41) is 35.2. The van der Waals surface area contributed by atoms with Crippen molar-refractivity contribution < 1.29 is 44.5 Å². The third kappa shape index (κ3) is 3.39. The van der Waals surface area contributed by atoms with E-state index in [0.29, 0.717) is 0 Å². The molecule has 17 nitrogen and oxygen atoms in total. The van der Waals surface area contributed by atoms with E-state index in [4.69, 9.17) is 0 Å². The molecule has 0 saturated heterocycles. The Hall–Kier alpha value is -3.53. The Morgan fingerprint density at radius 1 is 0.783 bits per heavy atom. The second-order valence-corrected chi connectivity index (χ2v) is 3.91. The van der Waals surface area contributed by atoms with Gasteiger partial charge in [-0.15, -0.1) is 40.5 Å². The highest BCUT2D eigenvalue weighted by atomic mass is 17.1. The molecule has 1 aliphatic carbocycles. The first-order chi connectivity index (χ1) is 10.5. The van der Waals surface area contributed by atoms with Crippen LogP contribution in [0.4, 0.5) is 0 Å². The largest absolute Gasteiger partial charge is 0.373 e. The van der Waals surface area contributed by atoms with E-state index in [-0.39, 0.29) is 6.42 Å². The maximum absolute atomic E-state index is 11.9. The predicted molar refractivity (Wildman–Crippen MR) is 56.6 cm³/mol. The van der Waals surface area contributed by atoms with Gasteiger partial charge in [0, 0.05) is 12.8 Å². The fraction of sp³-hybridized carbons (Fsp3) is 0.833. The van der Waals surface area contributed by atoms with E-state index in [1.54, 1.807) is 0 Å². The lowest BCUT2D eigenvalue weighted by Crippen LogP contribution is -2.69. The van der Waals surface area contributed by atoms with Gasteiger partial charge in [0.05, 0.1) is 0 Å². The van der Waals surface area contributed by atoms with Crippen LogP contribution < -0.4 is 0 Å². The van der Waals surface area contributed by atoms with Crippen LogP contribution in [-0.4, -0.2) is 37.7 Å². The van der Waals surface area contributed by atoms with Crippen molar-refractivity contribution in [2.24, 2.45) is 0 Å². The molecule has 128 valence electrons. The zero-order valence-electron chi connectivity index (χ0n) is 10.7. The maximum atomic E-state index is 11.9. The highest BCUT2D eigenvalue weighted by molar-refractivity contribution is 5.87. The van der Waals surface area contributed by atoms with Crippen LogP contribution in [0.15, 0.2) is 0 Å². The van der Waals surface area contributed by atoms with Gasteiger partial charge >= 0.3 is 11.6 Å². The van der Waals surface area contributed by atoms with Gasteiger partial charge in [-0.3, -0.25) is 24.1 Å². The highest BCUT2D eigenvalue weighted by Crippen LogP contribution is 2.43. The second kappa shape index (κ2) is 6.07. The lowest BCUT2D eigenvalue weighted by molar-refractivity contribution is -0.932. The summed E-state index contributed by atoms with van der Waals surface area (Å²) in [6, 6.07) is 0. The van der Waals surface area contributed by atoms with Crippen LogP contribution in [0, 0.1) is 40.5 Å². The summed E-state index contributed by atoms with van der Waals surface area (Å²) in [5.41, 5.74) is 0. The number of carbonyl (C=O) groups excluding carboxylic acids is 1. The zero-order valence-corrected chi connectivity index (χ0v) is 10.7. The molecule has 0 aliphatic heterocycles. The molecular weight excluding hydrogens is 336 g/mol. The minimum Gasteiger partial charge on any atom is -0.294 e. The topological polar surface area (TPSA) is 227 Å². The van der Waals surface area contributed by atoms with Crippen molar-refractivity contribution in [3.05, 3.63) is 40.5 Å². The number of hydrogen-bond acceptors (Lipinski definition) is 13. The van der Waals surface area contributed by atoms with E-state index in [2.05, 4.69) is 19.4 Å². The number of rotatable bonds is 8. The number of hydrogen-bond donors (Lipinski definition) is 0. The van der Waals surface area contributed by atoms with E-state index in [1.807, 2.05) is 0 Å². The first kappa shape index (κ1) is 17.5. The molecule has 0 heterocycles. The van der Waals surface area contributed by atoms with Crippen LogP contribution in [-0.2, 0) is 24.1 Å². The SMILES string of the molecule is O=C1CCCC(O[N+](=O)[O-])(O[N+](=O)[O-])C1(O[N+](=O)[O-])O[N+](=O)[O-]. The molecule has 0 unspecified atom stereocenters. The highest BCUT2D eigenvalue weighted by Gasteiger charge is 2.71. The number of Topliss-reactive ketones (excluding diaryl/α,β-unsaturated/α-hetero) is 1. The monoisotopic (exact) mass is 342 g/mol. The third-order valence-corrected chi connectivity index (χ3v) is 2.63. The Labute approximate surface area is 123 Å². The van der Waals surface area contributed by atoms with Crippen molar-refractivity contribution in [1.29, 1.82) is 0 Å². The number of carbonyl (C=O) groups is 1. The van der Waals surface area contributed by atoms with Crippen LogP contribution in [0.25, 0.3) is 0 Å². The third-order valence-electron chi connectivity index (χ3n) is 2.63. The van der Waals surface area contributed by atoms with Gasteiger partial charge in [-0.2, -0.15) is 0 Å². The molecule has 17 heteroatoms. The minimum atomic E-state index is -3.81. The second-order valence-electron chi connectivity index (χ2n) is 3.91. The summed E-state index contributed by atoms with van der Waals surface area (Å²) in [7, 11) is 0. The van der Waals surface area contributed by atoms with Gasteiger partial charge in [0.25, 0.3) is 20.3 Å². The van der Waals surface area contributed by atoms with E-state index < -0.39 is 50.5 Å². The van der Waals surface area contributed by atoms with Crippen LogP contribution in [0.1, 0.15) is 19.3 Å². The van der Waals surface area contributed by atoms with E-state index in [9.17, 15) is 45.3 Å². The molecule has 0 atom stereocenters. The summed E-state index contributed by atoms with van der Waals surface area (Å²) < 4.78 is 0. The lowest BCUT2D eigenvalue weighted by Gasteiger charge is -2.43. The summed E-state index contributed by atoms with van der Waals surface area (Å²) in [5.74, 6) is -8.91.